The van der Waals surface area contributed by atoms with Crippen molar-refractivity contribution in [1.82, 2.24) is 0 Å². The van der Waals surface area contributed by atoms with E-state index in [1.54, 1.807) is 18.7 Å². The lowest BCUT2D eigenvalue weighted by Gasteiger charge is -2.37. The first-order valence-corrected chi connectivity index (χ1v) is 6.68. The largest absolute Gasteiger partial charge is 0.326 e. The average Bonchev–Trinajstić information content (AvgIpc) is 2.37. The van der Waals surface area contributed by atoms with Gasteiger partial charge in [0, 0.05) is 11.4 Å². The van der Waals surface area contributed by atoms with Crippen LogP contribution < -0.4 is 10.6 Å². The van der Waals surface area contributed by atoms with Crippen LogP contribution in [0.3, 0.4) is 0 Å². The van der Waals surface area contributed by atoms with E-state index in [0.717, 1.165) is 16.1 Å². The monoisotopic (exact) mass is 261 g/mol. The number of carbonyl (C=O) groups excluding carboxylic acids is 1. The highest BCUT2D eigenvalue weighted by Gasteiger charge is 2.36. The van der Waals surface area contributed by atoms with Gasteiger partial charge < -0.3 is 5.73 Å². The number of fused-ring (bicyclic) bond motifs is 1. The molecule has 94 valence electrons. The maximum atomic E-state index is 12.1. The SMILES string of the molecule is CC(C)(C#N)N1C(=O)CSc2ccc(CN)cc21. The van der Waals surface area contributed by atoms with E-state index in [0.29, 0.717) is 12.3 Å². The Kier molecular flexibility index (Phi) is 3.33. The van der Waals surface area contributed by atoms with E-state index >= 15 is 0 Å². The average molecular weight is 261 g/mol. The van der Waals surface area contributed by atoms with E-state index in [9.17, 15) is 10.1 Å². The van der Waals surface area contributed by atoms with Crippen LogP contribution in [0.2, 0.25) is 0 Å². The maximum Gasteiger partial charge on any atom is 0.238 e. The zero-order valence-corrected chi connectivity index (χ0v) is 11.3. The highest BCUT2D eigenvalue weighted by atomic mass is 32.2. The molecule has 0 unspecified atom stereocenters. The van der Waals surface area contributed by atoms with Gasteiger partial charge in [-0.05, 0) is 31.5 Å². The molecular weight excluding hydrogens is 246 g/mol. The molecule has 0 aromatic heterocycles. The van der Waals surface area contributed by atoms with Crippen molar-refractivity contribution in [2.75, 3.05) is 10.7 Å². The molecule has 0 atom stereocenters. The Morgan fingerprint density at radius 3 is 2.89 bits per heavy atom. The van der Waals surface area contributed by atoms with Crippen LogP contribution in [0.15, 0.2) is 23.1 Å². The number of benzene rings is 1. The molecule has 5 heteroatoms. The van der Waals surface area contributed by atoms with E-state index in [1.807, 2.05) is 18.2 Å². The minimum Gasteiger partial charge on any atom is -0.326 e. The summed E-state index contributed by atoms with van der Waals surface area (Å²) in [7, 11) is 0. The van der Waals surface area contributed by atoms with E-state index in [4.69, 9.17) is 5.73 Å². The van der Waals surface area contributed by atoms with E-state index in [-0.39, 0.29) is 5.91 Å². The maximum absolute atomic E-state index is 12.1. The quantitative estimate of drug-likeness (QED) is 0.882. The van der Waals surface area contributed by atoms with Gasteiger partial charge in [0.05, 0.1) is 17.5 Å². The lowest BCUT2D eigenvalue weighted by Crippen LogP contribution is -2.49. The fourth-order valence-corrected chi connectivity index (χ4v) is 2.86. The van der Waals surface area contributed by atoms with Crippen molar-refractivity contribution in [2.45, 2.75) is 30.8 Å². The molecule has 0 radical (unpaired) electrons. The molecule has 4 nitrogen and oxygen atoms in total. The third-order valence-electron chi connectivity index (χ3n) is 2.93. The van der Waals surface area contributed by atoms with Crippen LogP contribution in [-0.4, -0.2) is 17.2 Å². The second kappa shape index (κ2) is 4.63. The number of anilines is 1. The highest BCUT2D eigenvalue weighted by Crippen LogP contribution is 2.39. The molecule has 1 aromatic rings. The molecule has 2 N–H and O–H groups in total. The molecule has 0 aliphatic carbocycles. The molecule has 1 aliphatic rings. The molecule has 1 aromatic carbocycles. The molecule has 1 aliphatic heterocycles. The van der Waals surface area contributed by atoms with Crippen LogP contribution in [-0.2, 0) is 11.3 Å². The summed E-state index contributed by atoms with van der Waals surface area (Å²) >= 11 is 1.50. The van der Waals surface area contributed by atoms with Crippen LogP contribution in [0.1, 0.15) is 19.4 Å². The number of carbonyl (C=O) groups is 1. The van der Waals surface area contributed by atoms with Gasteiger partial charge in [-0.1, -0.05) is 6.07 Å². The van der Waals surface area contributed by atoms with Crippen molar-refractivity contribution in [1.29, 1.82) is 5.26 Å². The molecule has 1 amide bonds. The van der Waals surface area contributed by atoms with Crippen molar-refractivity contribution in [3.63, 3.8) is 0 Å². The van der Waals surface area contributed by atoms with E-state index < -0.39 is 5.54 Å². The first-order valence-electron chi connectivity index (χ1n) is 5.69. The fourth-order valence-electron chi connectivity index (χ4n) is 1.99. The smallest absolute Gasteiger partial charge is 0.238 e. The molecule has 2 rings (SSSR count). The van der Waals surface area contributed by atoms with Crippen molar-refractivity contribution in [2.24, 2.45) is 5.73 Å². The number of hydrogen-bond acceptors (Lipinski definition) is 4. The Bertz CT molecular complexity index is 534. The lowest BCUT2D eigenvalue weighted by atomic mass is 10.0. The molecule has 0 saturated heterocycles. The van der Waals surface area contributed by atoms with Crippen molar-refractivity contribution in [3.05, 3.63) is 23.8 Å². The molecular formula is C13H15N3OS. The van der Waals surface area contributed by atoms with Crippen LogP contribution in [0.5, 0.6) is 0 Å². The number of nitrogens with two attached hydrogens (primary N) is 1. The van der Waals surface area contributed by atoms with Gasteiger partial charge in [-0.2, -0.15) is 5.26 Å². The number of nitriles is 1. The summed E-state index contributed by atoms with van der Waals surface area (Å²) < 4.78 is 0. The number of rotatable bonds is 2. The standard InChI is InChI=1S/C13H15N3OS/c1-13(2,8-15)16-10-5-9(6-14)3-4-11(10)18-7-12(16)17/h3-5H,6-7,14H2,1-2H3. The van der Waals surface area contributed by atoms with Gasteiger partial charge in [0.1, 0.15) is 5.54 Å². The Labute approximate surface area is 111 Å². The van der Waals surface area contributed by atoms with Gasteiger partial charge >= 0.3 is 0 Å². The highest BCUT2D eigenvalue weighted by molar-refractivity contribution is 8.00. The number of amides is 1. The van der Waals surface area contributed by atoms with Crippen molar-refractivity contribution >= 4 is 23.4 Å². The Morgan fingerprint density at radius 1 is 1.56 bits per heavy atom. The number of thioether (sulfide) groups is 1. The van der Waals surface area contributed by atoms with Crippen molar-refractivity contribution < 1.29 is 4.79 Å². The second-order valence-corrected chi connectivity index (χ2v) is 5.71. The Hall–Kier alpha value is -1.51. The van der Waals surface area contributed by atoms with Crippen LogP contribution in [0.4, 0.5) is 5.69 Å². The summed E-state index contributed by atoms with van der Waals surface area (Å²) in [4.78, 5) is 14.7. The molecule has 0 fully saturated rings. The molecule has 0 bridgehead atoms. The molecule has 1 heterocycles. The van der Waals surface area contributed by atoms with Crippen molar-refractivity contribution in [3.8, 4) is 6.07 Å². The van der Waals surface area contributed by atoms with E-state index in [2.05, 4.69) is 6.07 Å². The van der Waals surface area contributed by atoms with Gasteiger partial charge in [-0.3, -0.25) is 9.69 Å². The van der Waals surface area contributed by atoms with Gasteiger partial charge in [0.2, 0.25) is 5.91 Å². The molecule has 0 saturated carbocycles. The number of nitrogens with zero attached hydrogens (tertiary/aromatic N) is 2. The number of hydrogen-bond donors (Lipinski definition) is 1. The summed E-state index contributed by atoms with van der Waals surface area (Å²) in [6, 6.07) is 8.01. The predicted octanol–water partition coefficient (Wildman–Crippen LogP) is 1.89. The lowest BCUT2D eigenvalue weighted by molar-refractivity contribution is -0.117. The van der Waals surface area contributed by atoms with Gasteiger partial charge in [-0.25, -0.2) is 0 Å². The predicted molar refractivity (Wildman–Crippen MR) is 72.2 cm³/mol. The first-order chi connectivity index (χ1) is 8.49. The van der Waals surface area contributed by atoms with Crippen LogP contribution >= 0.6 is 11.8 Å². The Balaban J connectivity index is 2.56. The van der Waals surface area contributed by atoms with E-state index in [1.165, 1.54) is 11.8 Å². The summed E-state index contributed by atoms with van der Waals surface area (Å²) in [6.07, 6.45) is 0. The van der Waals surface area contributed by atoms with Gasteiger partial charge in [0.15, 0.2) is 0 Å². The zero-order valence-electron chi connectivity index (χ0n) is 10.4. The van der Waals surface area contributed by atoms with Crippen LogP contribution in [0, 0.1) is 11.3 Å². The van der Waals surface area contributed by atoms with Crippen LogP contribution in [0.25, 0.3) is 0 Å². The third-order valence-corrected chi connectivity index (χ3v) is 3.98. The molecule has 18 heavy (non-hydrogen) atoms. The summed E-state index contributed by atoms with van der Waals surface area (Å²) in [5.41, 5.74) is 6.54. The second-order valence-electron chi connectivity index (χ2n) is 4.69. The normalized spacial score (nSPS) is 15.2. The van der Waals surface area contributed by atoms with Gasteiger partial charge in [-0.15, -0.1) is 11.8 Å². The topological polar surface area (TPSA) is 70.1 Å². The summed E-state index contributed by atoms with van der Waals surface area (Å²) in [5.74, 6) is 0.341. The third kappa shape index (κ3) is 2.09. The minimum atomic E-state index is -0.847. The molecule has 0 spiro atoms. The fraction of sp³-hybridized carbons (Fsp3) is 0.385. The Morgan fingerprint density at radius 2 is 2.28 bits per heavy atom. The minimum absolute atomic E-state index is 0.0341. The first kappa shape index (κ1) is 12.9. The summed E-state index contributed by atoms with van der Waals surface area (Å²) in [5, 5.41) is 9.24. The van der Waals surface area contributed by atoms with Gasteiger partial charge in [0.25, 0.3) is 0 Å². The zero-order chi connectivity index (χ0) is 13.3. The summed E-state index contributed by atoms with van der Waals surface area (Å²) in [6.45, 7) is 3.92.